The lowest BCUT2D eigenvalue weighted by molar-refractivity contribution is 0.120. The summed E-state index contributed by atoms with van der Waals surface area (Å²) in [6.07, 6.45) is 15.7. The van der Waals surface area contributed by atoms with Crippen LogP contribution in [0.2, 0.25) is 0 Å². The maximum Gasteiger partial charge on any atom is 0.203 e. The highest BCUT2D eigenvalue weighted by Crippen LogP contribution is 2.42. The molecule has 158 valence electrons. The summed E-state index contributed by atoms with van der Waals surface area (Å²) in [6, 6.07) is 2.10. The van der Waals surface area contributed by atoms with Crippen LogP contribution in [-0.2, 0) is 0 Å². The molecule has 1 aromatic carbocycles. The molecule has 0 aromatic heterocycles. The zero-order chi connectivity index (χ0) is 19.9. The minimum atomic E-state index is -1.45. The van der Waals surface area contributed by atoms with Crippen LogP contribution in [0.4, 0.5) is 13.2 Å². The van der Waals surface area contributed by atoms with Gasteiger partial charge in [-0.2, -0.15) is 4.39 Å². The van der Waals surface area contributed by atoms with Gasteiger partial charge in [-0.05, 0) is 74.3 Å². The summed E-state index contributed by atoms with van der Waals surface area (Å²) in [5.41, 5.74) is 0. The molecule has 0 saturated heterocycles. The molecule has 0 heterocycles. The molecule has 2 saturated carbocycles. The Hall–Kier alpha value is -1.19. The van der Waals surface area contributed by atoms with Crippen molar-refractivity contribution in [2.75, 3.05) is 6.61 Å². The van der Waals surface area contributed by atoms with E-state index in [1.54, 1.807) is 0 Å². The second-order valence-electron chi connectivity index (χ2n) is 9.04. The third-order valence-electron chi connectivity index (χ3n) is 7.14. The average molecular weight is 397 g/mol. The lowest BCUT2D eigenvalue weighted by atomic mass is 9.69. The second-order valence-corrected chi connectivity index (χ2v) is 9.04. The highest BCUT2D eigenvalue weighted by molar-refractivity contribution is 5.26. The summed E-state index contributed by atoms with van der Waals surface area (Å²) in [7, 11) is 0. The Morgan fingerprint density at radius 2 is 1.39 bits per heavy atom. The molecule has 0 radical (unpaired) electrons. The third-order valence-corrected chi connectivity index (χ3v) is 7.14. The van der Waals surface area contributed by atoms with E-state index in [9.17, 15) is 13.2 Å². The quantitative estimate of drug-likeness (QED) is 0.323. The molecule has 28 heavy (non-hydrogen) atoms. The molecule has 1 aromatic rings. The fourth-order valence-electron chi connectivity index (χ4n) is 5.28. The van der Waals surface area contributed by atoms with E-state index in [-0.39, 0.29) is 5.75 Å². The second kappa shape index (κ2) is 10.5. The number of unbranched alkanes of at least 4 members (excludes halogenated alkanes) is 2. The molecule has 0 amide bonds. The molecule has 0 bridgehead atoms. The summed E-state index contributed by atoms with van der Waals surface area (Å²) in [6.45, 7) is 2.66. The molecule has 0 spiro atoms. The maximum atomic E-state index is 13.7. The van der Waals surface area contributed by atoms with Crippen LogP contribution < -0.4 is 4.74 Å². The Morgan fingerprint density at radius 3 is 2.00 bits per heavy atom. The first-order valence-corrected chi connectivity index (χ1v) is 11.3. The summed E-state index contributed by atoms with van der Waals surface area (Å²) in [5, 5.41) is 0. The van der Waals surface area contributed by atoms with Crippen LogP contribution in [0.15, 0.2) is 12.1 Å². The molecule has 1 nitrogen and oxygen atoms in total. The van der Waals surface area contributed by atoms with Gasteiger partial charge in [-0.1, -0.05) is 45.4 Å². The molecule has 0 N–H and O–H groups in total. The summed E-state index contributed by atoms with van der Waals surface area (Å²) in [5.74, 6) is -0.975. The van der Waals surface area contributed by atoms with Crippen LogP contribution >= 0.6 is 0 Å². The predicted molar refractivity (Wildman–Crippen MR) is 107 cm³/mol. The van der Waals surface area contributed by atoms with Crippen molar-refractivity contribution in [3.8, 4) is 5.75 Å². The largest absolute Gasteiger partial charge is 0.490 e. The van der Waals surface area contributed by atoms with Crippen LogP contribution in [0.25, 0.3) is 0 Å². The standard InChI is InChI=1S/C24H35F3O/c1-2-3-4-5-17-6-10-19(11-7-17)20-12-8-18(9-13-20)16-28-22-15-14-21(25)23(26)24(22)27/h14-15,17-20H,2-13,16H2,1H3. The van der Waals surface area contributed by atoms with Gasteiger partial charge in [-0.3, -0.25) is 0 Å². The van der Waals surface area contributed by atoms with Crippen LogP contribution in [-0.4, -0.2) is 6.61 Å². The Balaban J connectivity index is 1.37. The first kappa shape index (κ1) is 21.5. The first-order chi connectivity index (χ1) is 13.6. The number of rotatable bonds is 8. The van der Waals surface area contributed by atoms with Gasteiger partial charge in [0.05, 0.1) is 6.61 Å². The molecule has 2 aliphatic carbocycles. The summed E-state index contributed by atoms with van der Waals surface area (Å²) in [4.78, 5) is 0. The van der Waals surface area contributed by atoms with Crippen LogP contribution in [0.5, 0.6) is 5.75 Å². The van der Waals surface area contributed by atoms with E-state index < -0.39 is 17.5 Å². The molecule has 0 aliphatic heterocycles. The molecule has 2 fully saturated rings. The van der Waals surface area contributed by atoms with E-state index in [1.165, 1.54) is 70.3 Å². The maximum absolute atomic E-state index is 13.7. The van der Waals surface area contributed by atoms with Crippen molar-refractivity contribution < 1.29 is 17.9 Å². The van der Waals surface area contributed by atoms with E-state index in [0.29, 0.717) is 12.5 Å². The van der Waals surface area contributed by atoms with E-state index >= 15 is 0 Å². The van der Waals surface area contributed by atoms with Crippen molar-refractivity contribution in [1.29, 1.82) is 0 Å². The fraction of sp³-hybridized carbons (Fsp3) is 0.750. The Kier molecular flexibility index (Phi) is 8.11. The molecule has 0 unspecified atom stereocenters. The first-order valence-electron chi connectivity index (χ1n) is 11.3. The normalized spacial score (nSPS) is 28.3. The van der Waals surface area contributed by atoms with Gasteiger partial charge < -0.3 is 4.74 Å². The number of halogens is 3. The Morgan fingerprint density at radius 1 is 0.786 bits per heavy atom. The number of hydrogen-bond donors (Lipinski definition) is 0. The SMILES string of the molecule is CCCCCC1CCC(C2CCC(COc3ccc(F)c(F)c3F)CC2)CC1. The lowest BCUT2D eigenvalue weighted by Crippen LogP contribution is -2.27. The molecule has 2 aliphatic rings. The smallest absolute Gasteiger partial charge is 0.203 e. The summed E-state index contributed by atoms with van der Waals surface area (Å²) < 4.78 is 45.5. The van der Waals surface area contributed by atoms with Gasteiger partial charge >= 0.3 is 0 Å². The van der Waals surface area contributed by atoms with Crippen molar-refractivity contribution in [2.24, 2.45) is 23.7 Å². The Bertz CT molecular complexity index is 602. The van der Waals surface area contributed by atoms with Gasteiger partial charge in [0.15, 0.2) is 17.4 Å². The van der Waals surface area contributed by atoms with Crippen LogP contribution in [0, 0.1) is 41.1 Å². The average Bonchev–Trinajstić information content (AvgIpc) is 2.73. The van der Waals surface area contributed by atoms with Gasteiger partial charge in [-0.15, -0.1) is 0 Å². The molecule has 3 rings (SSSR count). The van der Waals surface area contributed by atoms with Gasteiger partial charge in [0, 0.05) is 0 Å². The van der Waals surface area contributed by atoms with Crippen molar-refractivity contribution in [3.05, 3.63) is 29.6 Å². The molecule has 0 atom stereocenters. The molecular formula is C24H35F3O. The topological polar surface area (TPSA) is 9.23 Å². The van der Waals surface area contributed by atoms with Crippen molar-refractivity contribution >= 4 is 0 Å². The highest BCUT2D eigenvalue weighted by atomic mass is 19.2. The third kappa shape index (κ3) is 5.67. The van der Waals surface area contributed by atoms with E-state index in [4.69, 9.17) is 4.74 Å². The van der Waals surface area contributed by atoms with E-state index in [2.05, 4.69) is 6.92 Å². The predicted octanol–water partition coefficient (Wildman–Crippen LogP) is 7.68. The highest BCUT2D eigenvalue weighted by Gasteiger charge is 2.31. The number of benzene rings is 1. The van der Waals surface area contributed by atoms with Crippen molar-refractivity contribution in [1.82, 2.24) is 0 Å². The number of hydrogen-bond acceptors (Lipinski definition) is 1. The van der Waals surface area contributed by atoms with Crippen molar-refractivity contribution in [3.63, 3.8) is 0 Å². The van der Waals surface area contributed by atoms with Gasteiger partial charge in [-0.25, -0.2) is 8.78 Å². The van der Waals surface area contributed by atoms with Crippen LogP contribution in [0.3, 0.4) is 0 Å². The summed E-state index contributed by atoms with van der Waals surface area (Å²) >= 11 is 0. The van der Waals surface area contributed by atoms with Crippen LogP contribution in [0.1, 0.15) is 84.0 Å². The number of ether oxygens (including phenoxy) is 1. The fourth-order valence-corrected chi connectivity index (χ4v) is 5.28. The minimum Gasteiger partial charge on any atom is -0.490 e. The van der Waals surface area contributed by atoms with E-state index in [1.807, 2.05) is 0 Å². The monoisotopic (exact) mass is 396 g/mol. The minimum absolute atomic E-state index is 0.178. The zero-order valence-corrected chi connectivity index (χ0v) is 17.2. The molecule has 4 heteroatoms. The van der Waals surface area contributed by atoms with Gasteiger partial charge in [0.1, 0.15) is 0 Å². The van der Waals surface area contributed by atoms with Crippen molar-refractivity contribution in [2.45, 2.75) is 84.0 Å². The molecular weight excluding hydrogens is 361 g/mol. The van der Waals surface area contributed by atoms with E-state index in [0.717, 1.165) is 36.7 Å². The van der Waals surface area contributed by atoms with Gasteiger partial charge in [0.2, 0.25) is 5.82 Å². The van der Waals surface area contributed by atoms with Gasteiger partial charge in [0.25, 0.3) is 0 Å². The lowest BCUT2D eigenvalue weighted by Gasteiger charge is -2.38. The Labute approximate surface area is 168 Å². The zero-order valence-electron chi connectivity index (χ0n) is 17.2.